The lowest BCUT2D eigenvalue weighted by atomic mass is 10.1. The second kappa shape index (κ2) is 11.1. The number of benzene rings is 1. The maximum absolute atomic E-state index is 14.7. The zero-order valence-electron chi connectivity index (χ0n) is 19.0. The van der Waals surface area contributed by atoms with E-state index >= 15 is 0 Å². The summed E-state index contributed by atoms with van der Waals surface area (Å²) in [5.41, 5.74) is 0.746. The number of piperidine rings is 1. The van der Waals surface area contributed by atoms with Gasteiger partial charge in [-0.15, -0.1) is 21.5 Å². The van der Waals surface area contributed by atoms with Crippen LogP contribution in [0, 0.1) is 5.82 Å². The molecule has 0 saturated carbocycles. The van der Waals surface area contributed by atoms with Crippen molar-refractivity contribution < 1.29 is 13.6 Å². The van der Waals surface area contributed by atoms with Gasteiger partial charge < -0.3 is 14.6 Å². The average molecular weight is 513 g/mol. The highest BCUT2D eigenvalue weighted by atomic mass is 32.2. The Morgan fingerprint density at radius 2 is 2.00 bits per heavy atom. The summed E-state index contributed by atoms with van der Waals surface area (Å²) in [6.45, 7) is 3.68. The molecule has 1 aromatic carbocycles. The zero-order valence-corrected chi connectivity index (χ0v) is 20.7. The number of halogens is 1. The topological polar surface area (TPSA) is 89.1 Å². The summed E-state index contributed by atoms with van der Waals surface area (Å²) in [5.74, 6) is 0.820. The van der Waals surface area contributed by atoms with Gasteiger partial charge in [0, 0.05) is 18.5 Å². The highest BCUT2D eigenvalue weighted by molar-refractivity contribution is 7.98. The van der Waals surface area contributed by atoms with Crippen molar-refractivity contribution in [1.82, 2.24) is 30.0 Å². The monoisotopic (exact) mass is 512 g/mol. The minimum atomic E-state index is -0.389. The zero-order chi connectivity index (χ0) is 24.0. The molecule has 0 bridgehead atoms. The van der Waals surface area contributed by atoms with Crippen LogP contribution in [-0.2, 0) is 5.75 Å². The van der Waals surface area contributed by atoms with Crippen LogP contribution in [-0.4, -0.2) is 56.7 Å². The molecule has 0 atom stereocenters. The number of hydrogen-bond donors (Lipinski definition) is 1. The molecule has 1 aliphatic rings. The number of para-hydroxylation sites is 1. The molecule has 11 heteroatoms. The molecule has 0 unspecified atom stereocenters. The number of nitrogens with one attached hydrogen (secondary N) is 1. The van der Waals surface area contributed by atoms with E-state index in [2.05, 4.69) is 25.4 Å². The standard InChI is InChI=1S/C24H25FN6O2S2/c25-17-7-2-3-8-19(17)31-22(20-9-6-14-33-20)28-29-24(31)35-16-21-27-18(15-34-21)23(32)26-10-13-30-11-4-1-5-12-30/h2-3,6-9,14-15H,1,4-5,10-13,16H2,(H,26,32). The van der Waals surface area contributed by atoms with Gasteiger partial charge in [-0.3, -0.25) is 9.36 Å². The third-order valence-electron chi connectivity index (χ3n) is 5.74. The maximum atomic E-state index is 14.7. The average Bonchev–Trinajstić information content (AvgIpc) is 3.64. The fraction of sp³-hybridized carbons (Fsp3) is 0.333. The number of carbonyl (C=O) groups excluding carboxylic acids is 1. The van der Waals surface area contributed by atoms with Gasteiger partial charge >= 0.3 is 0 Å². The van der Waals surface area contributed by atoms with Crippen molar-refractivity contribution in [2.45, 2.75) is 30.2 Å². The Bertz CT molecular complexity index is 1270. The van der Waals surface area contributed by atoms with Gasteiger partial charge in [0.1, 0.15) is 16.5 Å². The Morgan fingerprint density at radius 3 is 2.80 bits per heavy atom. The van der Waals surface area contributed by atoms with Gasteiger partial charge in [-0.1, -0.05) is 30.3 Å². The SMILES string of the molecule is O=C(NCCN1CCCCC1)c1csc(CSc2nnc(-c3ccco3)n2-c2ccccc2F)n1. The van der Waals surface area contributed by atoms with E-state index in [1.165, 1.54) is 54.7 Å². The van der Waals surface area contributed by atoms with E-state index in [0.717, 1.165) is 24.6 Å². The van der Waals surface area contributed by atoms with Crippen LogP contribution >= 0.6 is 23.1 Å². The van der Waals surface area contributed by atoms with Crippen LogP contribution < -0.4 is 5.32 Å². The third kappa shape index (κ3) is 5.63. The first-order valence-corrected chi connectivity index (χ1v) is 13.4. The second-order valence-corrected chi connectivity index (χ2v) is 10.0. The van der Waals surface area contributed by atoms with Crippen LogP contribution in [0.5, 0.6) is 0 Å². The molecule has 182 valence electrons. The lowest BCUT2D eigenvalue weighted by Gasteiger charge is -2.26. The number of amides is 1. The molecular weight excluding hydrogens is 487 g/mol. The van der Waals surface area contributed by atoms with Crippen molar-refractivity contribution in [2.24, 2.45) is 0 Å². The van der Waals surface area contributed by atoms with Gasteiger partial charge in [0.05, 0.1) is 17.7 Å². The summed E-state index contributed by atoms with van der Waals surface area (Å²) in [7, 11) is 0. The summed E-state index contributed by atoms with van der Waals surface area (Å²) in [6.07, 6.45) is 5.30. The number of carbonyl (C=O) groups is 1. The van der Waals surface area contributed by atoms with Crippen molar-refractivity contribution in [3.63, 3.8) is 0 Å². The van der Waals surface area contributed by atoms with Crippen LogP contribution in [0.2, 0.25) is 0 Å². The highest BCUT2D eigenvalue weighted by Crippen LogP contribution is 2.31. The number of aromatic nitrogens is 4. The minimum absolute atomic E-state index is 0.163. The number of thiazole rings is 1. The normalized spacial score (nSPS) is 14.3. The van der Waals surface area contributed by atoms with E-state index in [9.17, 15) is 9.18 Å². The van der Waals surface area contributed by atoms with E-state index in [1.54, 1.807) is 40.3 Å². The van der Waals surface area contributed by atoms with Crippen molar-refractivity contribution in [3.05, 3.63) is 64.6 Å². The second-order valence-electron chi connectivity index (χ2n) is 8.14. The molecule has 0 spiro atoms. The van der Waals surface area contributed by atoms with Crippen LogP contribution in [0.15, 0.2) is 57.6 Å². The molecule has 3 aromatic heterocycles. The molecule has 0 aliphatic carbocycles. The Morgan fingerprint density at radius 1 is 1.14 bits per heavy atom. The van der Waals surface area contributed by atoms with E-state index in [4.69, 9.17) is 4.42 Å². The van der Waals surface area contributed by atoms with Gasteiger partial charge in [0.2, 0.25) is 5.82 Å². The van der Waals surface area contributed by atoms with Gasteiger partial charge in [-0.2, -0.15) is 0 Å². The quantitative estimate of drug-likeness (QED) is 0.327. The highest BCUT2D eigenvalue weighted by Gasteiger charge is 2.21. The fourth-order valence-electron chi connectivity index (χ4n) is 3.99. The van der Waals surface area contributed by atoms with Crippen molar-refractivity contribution in [3.8, 4) is 17.3 Å². The molecular formula is C24H25FN6O2S2. The Labute approximate surface area is 210 Å². The summed E-state index contributed by atoms with van der Waals surface area (Å²) in [5, 5.41) is 14.5. The number of hydrogen-bond acceptors (Lipinski definition) is 8. The molecule has 35 heavy (non-hydrogen) atoms. The molecule has 5 rings (SSSR count). The number of rotatable bonds is 9. The van der Waals surface area contributed by atoms with Gasteiger partial charge in [0.15, 0.2) is 10.9 Å². The van der Waals surface area contributed by atoms with Gasteiger partial charge in [0.25, 0.3) is 5.91 Å². The van der Waals surface area contributed by atoms with Gasteiger partial charge in [-0.25, -0.2) is 9.37 Å². The Balaban J connectivity index is 1.25. The lowest BCUT2D eigenvalue weighted by Crippen LogP contribution is -2.37. The van der Waals surface area contributed by atoms with E-state index in [1.807, 2.05) is 0 Å². The molecule has 1 N–H and O–H groups in total. The fourth-order valence-corrected chi connectivity index (χ4v) is 5.72. The van der Waals surface area contributed by atoms with Crippen molar-refractivity contribution in [2.75, 3.05) is 26.2 Å². The molecule has 1 aliphatic heterocycles. The maximum Gasteiger partial charge on any atom is 0.270 e. The van der Waals surface area contributed by atoms with Crippen LogP contribution in [0.1, 0.15) is 34.8 Å². The smallest absolute Gasteiger partial charge is 0.270 e. The summed E-state index contributed by atoms with van der Waals surface area (Å²) < 4.78 is 21.8. The lowest BCUT2D eigenvalue weighted by molar-refractivity contribution is 0.0942. The largest absolute Gasteiger partial charge is 0.461 e. The molecule has 1 saturated heterocycles. The predicted molar refractivity (Wildman–Crippen MR) is 133 cm³/mol. The number of thioether (sulfide) groups is 1. The van der Waals surface area contributed by atoms with Crippen LogP contribution in [0.4, 0.5) is 4.39 Å². The van der Waals surface area contributed by atoms with Crippen LogP contribution in [0.3, 0.4) is 0 Å². The first kappa shape index (κ1) is 23.7. The van der Waals surface area contributed by atoms with E-state index < -0.39 is 0 Å². The molecule has 8 nitrogen and oxygen atoms in total. The predicted octanol–water partition coefficient (Wildman–Crippen LogP) is 4.63. The first-order chi connectivity index (χ1) is 17.2. The van der Waals surface area contributed by atoms with E-state index in [0.29, 0.717) is 40.4 Å². The molecule has 1 fully saturated rings. The summed E-state index contributed by atoms with van der Waals surface area (Å²) in [6, 6.07) is 9.97. The van der Waals surface area contributed by atoms with E-state index in [-0.39, 0.29) is 11.7 Å². The Hall–Kier alpha value is -3.02. The number of nitrogens with zero attached hydrogens (tertiary/aromatic N) is 5. The van der Waals surface area contributed by atoms with Crippen LogP contribution in [0.25, 0.3) is 17.3 Å². The Kier molecular flexibility index (Phi) is 7.55. The molecule has 1 amide bonds. The van der Waals surface area contributed by atoms with Gasteiger partial charge in [-0.05, 0) is 50.2 Å². The summed E-state index contributed by atoms with van der Waals surface area (Å²) >= 11 is 2.79. The third-order valence-corrected chi connectivity index (χ3v) is 7.71. The molecule has 4 aromatic rings. The number of furan rings is 1. The summed E-state index contributed by atoms with van der Waals surface area (Å²) in [4.78, 5) is 19.4. The molecule has 4 heterocycles. The minimum Gasteiger partial charge on any atom is -0.461 e. The van der Waals surface area contributed by atoms with Crippen molar-refractivity contribution >= 4 is 29.0 Å². The first-order valence-electron chi connectivity index (χ1n) is 11.5. The van der Waals surface area contributed by atoms with Crippen molar-refractivity contribution in [1.29, 1.82) is 0 Å². The number of likely N-dealkylation sites (tertiary alicyclic amines) is 1. The molecule has 0 radical (unpaired) electrons.